The number of nitrogens with zero attached hydrogens (tertiary/aromatic N) is 1. The number of fused-ring (bicyclic) bond motifs is 1. The van der Waals surface area contributed by atoms with E-state index in [1.807, 2.05) is 30.3 Å². The van der Waals surface area contributed by atoms with Crippen molar-refractivity contribution in [3.8, 4) is 28.7 Å². The van der Waals surface area contributed by atoms with Crippen molar-refractivity contribution in [3.05, 3.63) is 101 Å². The molecule has 1 unspecified atom stereocenters. The summed E-state index contributed by atoms with van der Waals surface area (Å²) in [6.45, 7) is 13.1. The minimum Gasteiger partial charge on any atom is -0.504 e. The van der Waals surface area contributed by atoms with E-state index in [0.717, 1.165) is 37.5 Å². The van der Waals surface area contributed by atoms with E-state index in [9.17, 15) is 19.8 Å². The first kappa shape index (κ1) is 44.6. The summed E-state index contributed by atoms with van der Waals surface area (Å²) in [5.41, 5.74) is 3.39. The average Bonchev–Trinajstić information content (AvgIpc) is 3.19. The van der Waals surface area contributed by atoms with Crippen LogP contribution in [0.5, 0.6) is 28.7 Å². The number of hydrogen-bond donors (Lipinski definition) is 3. The Hall–Kier alpha value is -5.14. The summed E-state index contributed by atoms with van der Waals surface area (Å²) in [4.78, 5) is 43.6. The van der Waals surface area contributed by atoms with Crippen LogP contribution in [-0.4, -0.2) is 85.3 Å². The summed E-state index contributed by atoms with van der Waals surface area (Å²) in [7, 11) is 2.88. The first-order chi connectivity index (χ1) is 27.6. The molecule has 2 amide bonds. The Balaban J connectivity index is 1.96. The maximum atomic E-state index is 15.3. The highest BCUT2D eigenvalue weighted by molar-refractivity contribution is 7.99. The topological polar surface area (TPSA) is 153 Å². The smallest absolute Gasteiger partial charge is 0.408 e. The molecule has 0 aliphatic carbocycles. The van der Waals surface area contributed by atoms with Crippen LogP contribution in [0.15, 0.2) is 67.8 Å². The monoisotopic (exact) mass is 804 g/mol. The summed E-state index contributed by atoms with van der Waals surface area (Å²) < 4.78 is 29.0. The molecule has 12 nitrogen and oxygen atoms in total. The molecule has 57 heavy (non-hydrogen) atoms. The number of phenolic OH excluding ortho intramolecular Hbond substituents is 2. The number of aromatic hydroxyl groups is 2. The molecule has 0 bridgehead atoms. The Morgan fingerprint density at radius 2 is 1.67 bits per heavy atom. The van der Waals surface area contributed by atoms with Crippen molar-refractivity contribution in [1.82, 2.24) is 10.2 Å². The standard InChI is InChI=1S/C44H56N2O10S/c1-8-11-12-16-21-57-42-33(25-47)46(43(50)32(45-44(51)56-20-10-3)23-31-22-28(4)39(52-6)35(48)24-31)34(27-54-26-30-17-14-13-15-18-30)36-37(42)40(55-19-9-2)29(5)41(53-7)38(36)49/h9-10,13-15,17-18,22,24-25,32-34,42,48-49H,2-3,8,11-12,16,19-21,23,26-27H2,1,4-7H3,(H,45,51)/t32-,33+,34-,42?/m0/s1. The van der Waals surface area contributed by atoms with Gasteiger partial charge in [0, 0.05) is 23.1 Å². The third-order valence-electron chi connectivity index (χ3n) is 9.78. The third kappa shape index (κ3) is 10.8. The number of benzene rings is 3. The van der Waals surface area contributed by atoms with E-state index in [1.54, 1.807) is 26.0 Å². The van der Waals surface area contributed by atoms with Gasteiger partial charge in [-0.05, 0) is 48.8 Å². The van der Waals surface area contributed by atoms with Crippen molar-refractivity contribution in [2.75, 3.05) is 39.8 Å². The van der Waals surface area contributed by atoms with E-state index in [-0.39, 0.29) is 55.8 Å². The van der Waals surface area contributed by atoms with E-state index >= 15 is 4.79 Å². The highest BCUT2D eigenvalue weighted by Crippen LogP contribution is 2.56. The van der Waals surface area contributed by atoms with Crippen LogP contribution in [0.4, 0.5) is 4.79 Å². The van der Waals surface area contributed by atoms with Crippen molar-refractivity contribution < 1.29 is 48.3 Å². The molecule has 3 N–H and O–H groups in total. The fourth-order valence-corrected chi connectivity index (χ4v) is 8.66. The maximum absolute atomic E-state index is 15.3. The molecule has 0 radical (unpaired) electrons. The lowest BCUT2D eigenvalue weighted by atomic mass is 9.84. The van der Waals surface area contributed by atoms with Crippen molar-refractivity contribution in [2.24, 2.45) is 0 Å². The second kappa shape index (κ2) is 22.0. The summed E-state index contributed by atoms with van der Waals surface area (Å²) >= 11 is 1.50. The molecular formula is C44H56N2O10S. The molecule has 0 saturated heterocycles. The summed E-state index contributed by atoms with van der Waals surface area (Å²) in [5.74, 6) is 0.500. The summed E-state index contributed by atoms with van der Waals surface area (Å²) in [5, 5.41) is 25.0. The highest BCUT2D eigenvalue weighted by atomic mass is 32.2. The zero-order valence-electron chi connectivity index (χ0n) is 33.6. The molecule has 1 aliphatic heterocycles. The zero-order valence-corrected chi connectivity index (χ0v) is 34.4. The lowest BCUT2D eigenvalue weighted by Crippen LogP contribution is -2.58. The van der Waals surface area contributed by atoms with Gasteiger partial charge in [-0.25, -0.2) is 4.79 Å². The fourth-order valence-electron chi connectivity index (χ4n) is 7.25. The van der Waals surface area contributed by atoms with Crippen LogP contribution in [0.1, 0.15) is 77.3 Å². The van der Waals surface area contributed by atoms with Gasteiger partial charge < -0.3 is 48.9 Å². The van der Waals surface area contributed by atoms with Crippen LogP contribution in [0.3, 0.4) is 0 Å². The average molecular weight is 805 g/mol. The quantitative estimate of drug-likeness (QED) is 0.0517. The van der Waals surface area contributed by atoms with Crippen LogP contribution in [0.2, 0.25) is 0 Å². The number of unbranched alkanes of at least 4 members (excludes halogenated alkanes) is 3. The van der Waals surface area contributed by atoms with Gasteiger partial charge in [-0.2, -0.15) is 11.8 Å². The molecule has 308 valence electrons. The molecule has 3 aromatic carbocycles. The maximum Gasteiger partial charge on any atom is 0.408 e. The molecule has 0 aromatic heterocycles. The number of ether oxygens (including phenoxy) is 5. The molecule has 1 heterocycles. The SMILES string of the molecule is C=CCOC(=O)N[C@@H](Cc1cc(C)c(OC)c(O)c1)C(=O)N1[C@H](C=O)C(SCCCCCC)c2c(OCC=C)c(C)c(OC)c(O)c2[C@@H]1COCc1ccccc1. The lowest BCUT2D eigenvalue weighted by molar-refractivity contribution is -0.144. The van der Waals surface area contributed by atoms with Gasteiger partial charge in [-0.3, -0.25) is 4.79 Å². The molecule has 0 fully saturated rings. The Labute approximate surface area is 340 Å². The van der Waals surface area contributed by atoms with Crippen LogP contribution < -0.4 is 19.5 Å². The molecule has 4 rings (SSSR count). The predicted octanol–water partition coefficient (Wildman–Crippen LogP) is 7.84. The Bertz CT molecular complexity index is 1830. The first-order valence-electron chi connectivity index (χ1n) is 19.1. The summed E-state index contributed by atoms with van der Waals surface area (Å²) in [6.07, 6.45) is 6.68. The van der Waals surface area contributed by atoms with Gasteiger partial charge in [-0.1, -0.05) is 87.9 Å². The molecule has 3 aromatic rings. The van der Waals surface area contributed by atoms with Gasteiger partial charge in [0.1, 0.15) is 37.3 Å². The van der Waals surface area contributed by atoms with Gasteiger partial charge in [0.05, 0.1) is 38.7 Å². The number of hydrogen-bond acceptors (Lipinski definition) is 11. The molecule has 4 atom stereocenters. The number of thioether (sulfide) groups is 1. The number of alkyl carbamates (subject to hydrolysis) is 1. The van der Waals surface area contributed by atoms with Gasteiger partial charge in [0.15, 0.2) is 23.0 Å². The second-order valence-corrected chi connectivity index (χ2v) is 15.0. The minimum absolute atomic E-state index is 0.0985. The number of nitrogens with one attached hydrogen (secondary N) is 1. The molecule has 0 spiro atoms. The van der Waals surface area contributed by atoms with E-state index in [0.29, 0.717) is 39.3 Å². The molecular weight excluding hydrogens is 749 g/mol. The Morgan fingerprint density at radius 1 is 0.947 bits per heavy atom. The number of rotatable bonds is 22. The normalized spacial score (nSPS) is 16.5. The van der Waals surface area contributed by atoms with Gasteiger partial charge in [0.25, 0.3) is 0 Å². The second-order valence-electron chi connectivity index (χ2n) is 13.8. The fraction of sp³-hybridized carbons (Fsp3) is 0.432. The molecule has 1 aliphatic rings. The van der Waals surface area contributed by atoms with Crippen LogP contribution in [-0.2, 0) is 32.1 Å². The largest absolute Gasteiger partial charge is 0.504 e. The van der Waals surface area contributed by atoms with E-state index in [4.69, 9.17) is 23.7 Å². The highest BCUT2D eigenvalue weighted by Gasteiger charge is 2.49. The van der Waals surface area contributed by atoms with Crippen LogP contribution in [0.25, 0.3) is 0 Å². The minimum atomic E-state index is -1.31. The van der Waals surface area contributed by atoms with Crippen molar-refractivity contribution in [1.29, 1.82) is 0 Å². The third-order valence-corrected chi connectivity index (χ3v) is 11.2. The van der Waals surface area contributed by atoms with E-state index < -0.39 is 35.4 Å². The summed E-state index contributed by atoms with van der Waals surface area (Å²) in [6, 6.07) is 9.21. The molecule has 13 heteroatoms. The van der Waals surface area contributed by atoms with Crippen LogP contribution in [0, 0.1) is 13.8 Å². The Morgan fingerprint density at radius 3 is 2.30 bits per heavy atom. The zero-order chi connectivity index (χ0) is 41.5. The van der Waals surface area contributed by atoms with E-state index in [2.05, 4.69) is 25.4 Å². The van der Waals surface area contributed by atoms with Crippen molar-refractivity contribution in [2.45, 2.75) is 82.9 Å². The van der Waals surface area contributed by atoms with Gasteiger partial charge >= 0.3 is 6.09 Å². The van der Waals surface area contributed by atoms with E-state index in [1.165, 1.54) is 43.0 Å². The van der Waals surface area contributed by atoms with Crippen molar-refractivity contribution >= 4 is 30.0 Å². The first-order valence-corrected chi connectivity index (χ1v) is 20.2. The number of aldehydes is 1. The number of methoxy groups -OCH3 is 2. The predicted molar refractivity (Wildman–Crippen MR) is 222 cm³/mol. The number of carbonyl (C=O) groups is 3. The van der Waals surface area contributed by atoms with Gasteiger partial charge in [0.2, 0.25) is 5.91 Å². The Kier molecular flexibility index (Phi) is 17.2. The number of phenols is 2. The van der Waals surface area contributed by atoms with Crippen molar-refractivity contribution in [3.63, 3.8) is 0 Å². The van der Waals surface area contributed by atoms with Gasteiger partial charge in [-0.15, -0.1) is 0 Å². The molecule has 0 saturated carbocycles. The number of amides is 2. The van der Waals surface area contributed by atoms with Crippen LogP contribution >= 0.6 is 11.8 Å². The number of aryl methyl sites for hydroxylation is 1. The number of carbonyl (C=O) groups excluding carboxylic acids is 3. The lowest BCUT2D eigenvalue weighted by Gasteiger charge is -2.47.